The Kier molecular flexibility index (Phi) is 4.28. The highest BCUT2D eigenvalue weighted by atomic mass is 16.5. The van der Waals surface area contributed by atoms with Crippen molar-refractivity contribution in [1.82, 2.24) is 9.97 Å². The molecule has 5 heteroatoms. The van der Waals surface area contributed by atoms with E-state index >= 15 is 0 Å². The lowest BCUT2D eigenvalue weighted by Gasteiger charge is -2.35. The fourth-order valence-electron chi connectivity index (χ4n) is 1.37. The van der Waals surface area contributed by atoms with Crippen LogP contribution >= 0.6 is 0 Å². The maximum atomic E-state index is 5.76. The lowest BCUT2D eigenvalue weighted by molar-refractivity contribution is 0.325. The topological polar surface area (TPSA) is 64.3 Å². The number of ether oxygens (including phenoxy) is 1. The third-order valence-electron chi connectivity index (χ3n) is 2.84. The molecule has 0 unspecified atom stereocenters. The Balaban J connectivity index is 3.05. The Morgan fingerprint density at radius 1 is 1.41 bits per heavy atom. The van der Waals surface area contributed by atoms with Gasteiger partial charge in [-0.2, -0.15) is 4.98 Å². The van der Waals surface area contributed by atoms with E-state index in [2.05, 4.69) is 23.8 Å². The molecule has 0 aliphatic carbocycles. The molecule has 0 aliphatic rings. The van der Waals surface area contributed by atoms with Gasteiger partial charge in [0.15, 0.2) is 0 Å². The Hall–Kier alpha value is -1.36. The molecule has 0 saturated carbocycles. The number of likely N-dealkylation sites (N-methyl/N-ethyl adjacent to an activating group) is 1. The lowest BCUT2D eigenvalue weighted by Crippen LogP contribution is -2.47. The zero-order valence-electron chi connectivity index (χ0n) is 11.3. The summed E-state index contributed by atoms with van der Waals surface area (Å²) in [6, 6.07) is 1.84. The summed E-state index contributed by atoms with van der Waals surface area (Å²) in [6.07, 6.45) is 0. The van der Waals surface area contributed by atoms with E-state index < -0.39 is 0 Å². The van der Waals surface area contributed by atoms with Gasteiger partial charge in [0.05, 0.1) is 6.61 Å². The van der Waals surface area contributed by atoms with Gasteiger partial charge in [0.2, 0.25) is 5.88 Å². The second-order valence-corrected chi connectivity index (χ2v) is 4.62. The van der Waals surface area contributed by atoms with Crippen molar-refractivity contribution < 1.29 is 4.74 Å². The third-order valence-corrected chi connectivity index (χ3v) is 2.84. The summed E-state index contributed by atoms with van der Waals surface area (Å²) in [5.41, 5.74) is 5.61. The van der Waals surface area contributed by atoms with Gasteiger partial charge in [-0.05, 0) is 27.7 Å². The molecule has 0 atom stereocenters. The highest BCUT2D eigenvalue weighted by molar-refractivity contribution is 5.43. The Morgan fingerprint density at radius 3 is 2.59 bits per heavy atom. The quantitative estimate of drug-likeness (QED) is 0.839. The van der Waals surface area contributed by atoms with Crippen LogP contribution in [0.4, 0.5) is 5.82 Å². The lowest BCUT2D eigenvalue weighted by atomic mass is 10.0. The van der Waals surface area contributed by atoms with Gasteiger partial charge >= 0.3 is 0 Å². The number of nitrogens with two attached hydrogens (primary N) is 1. The van der Waals surface area contributed by atoms with E-state index in [9.17, 15) is 0 Å². The van der Waals surface area contributed by atoms with Crippen LogP contribution in [-0.4, -0.2) is 35.7 Å². The summed E-state index contributed by atoms with van der Waals surface area (Å²) >= 11 is 0. The molecule has 17 heavy (non-hydrogen) atoms. The summed E-state index contributed by atoms with van der Waals surface area (Å²) in [7, 11) is 1.98. The fraction of sp³-hybridized carbons (Fsp3) is 0.667. The van der Waals surface area contributed by atoms with Crippen molar-refractivity contribution in [3.05, 3.63) is 11.9 Å². The number of nitrogens with zero attached hydrogens (tertiary/aromatic N) is 3. The predicted molar refractivity (Wildman–Crippen MR) is 69.5 cm³/mol. The zero-order chi connectivity index (χ0) is 13.1. The van der Waals surface area contributed by atoms with Crippen LogP contribution in [0.15, 0.2) is 6.07 Å². The molecule has 0 aliphatic heterocycles. The van der Waals surface area contributed by atoms with Crippen molar-refractivity contribution in [2.24, 2.45) is 5.73 Å². The van der Waals surface area contributed by atoms with Gasteiger partial charge < -0.3 is 15.4 Å². The molecule has 0 amide bonds. The Bertz CT molecular complexity index is 379. The van der Waals surface area contributed by atoms with Crippen LogP contribution in [0.5, 0.6) is 5.88 Å². The van der Waals surface area contributed by atoms with Gasteiger partial charge in [-0.1, -0.05) is 0 Å². The maximum Gasteiger partial charge on any atom is 0.218 e. The number of aromatic nitrogens is 2. The van der Waals surface area contributed by atoms with Crippen molar-refractivity contribution in [3.8, 4) is 5.88 Å². The van der Waals surface area contributed by atoms with Crippen LogP contribution in [0.1, 0.15) is 26.6 Å². The summed E-state index contributed by atoms with van der Waals surface area (Å²) in [5.74, 6) is 2.14. The van der Waals surface area contributed by atoms with E-state index in [4.69, 9.17) is 10.5 Å². The van der Waals surface area contributed by atoms with E-state index in [0.717, 1.165) is 5.82 Å². The number of rotatable bonds is 5. The van der Waals surface area contributed by atoms with Crippen molar-refractivity contribution >= 4 is 5.82 Å². The first-order chi connectivity index (χ1) is 7.90. The van der Waals surface area contributed by atoms with Crippen molar-refractivity contribution in [1.29, 1.82) is 0 Å². The highest BCUT2D eigenvalue weighted by Crippen LogP contribution is 2.22. The highest BCUT2D eigenvalue weighted by Gasteiger charge is 2.23. The molecule has 0 aromatic carbocycles. The molecule has 0 radical (unpaired) electrons. The van der Waals surface area contributed by atoms with Gasteiger partial charge in [-0.25, -0.2) is 4.98 Å². The molecular formula is C12H22N4O. The van der Waals surface area contributed by atoms with Crippen molar-refractivity contribution in [2.45, 2.75) is 33.2 Å². The van der Waals surface area contributed by atoms with Crippen LogP contribution in [0, 0.1) is 6.92 Å². The van der Waals surface area contributed by atoms with Crippen LogP contribution in [0.3, 0.4) is 0 Å². The first-order valence-electron chi connectivity index (χ1n) is 5.83. The maximum absolute atomic E-state index is 5.76. The average molecular weight is 238 g/mol. The minimum absolute atomic E-state index is 0.149. The molecule has 0 saturated heterocycles. The Morgan fingerprint density at radius 2 is 2.06 bits per heavy atom. The standard InChI is InChI=1S/C12H22N4O/c1-6-17-11-7-10(14-9(2)15-11)16(5)12(3,4)8-13/h7H,6,8,13H2,1-5H3. The SMILES string of the molecule is CCOc1cc(N(C)C(C)(C)CN)nc(C)n1. The molecule has 5 nitrogen and oxygen atoms in total. The smallest absolute Gasteiger partial charge is 0.218 e. The molecular weight excluding hydrogens is 216 g/mol. The van der Waals surface area contributed by atoms with Crippen LogP contribution in [0.2, 0.25) is 0 Å². The molecule has 0 bridgehead atoms. The molecule has 2 N–H and O–H groups in total. The summed E-state index contributed by atoms with van der Waals surface area (Å²) in [5, 5.41) is 0. The molecule has 1 rings (SSSR count). The van der Waals surface area contributed by atoms with E-state index in [1.807, 2.05) is 31.9 Å². The molecule has 1 aromatic rings. The monoisotopic (exact) mass is 238 g/mol. The molecule has 1 heterocycles. The number of anilines is 1. The van der Waals surface area contributed by atoms with Crippen LogP contribution in [-0.2, 0) is 0 Å². The normalized spacial score (nSPS) is 11.4. The fourth-order valence-corrected chi connectivity index (χ4v) is 1.37. The van der Waals surface area contributed by atoms with E-state index in [1.165, 1.54) is 0 Å². The van der Waals surface area contributed by atoms with E-state index in [0.29, 0.717) is 24.9 Å². The molecule has 96 valence electrons. The molecule has 0 spiro atoms. The van der Waals surface area contributed by atoms with Crippen LogP contribution < -0.4 is 15.4 Å². The van der Waals surface area contributed by atoms with Gasteiger partial charge in [0.25, 0.3) is 0 Å². The van der Waals surface area contributed by atoms with E-state index in [1.54, 1.807) is 0 Å². The largest absolute Gasteiger partial charge is 0.478 e. The van der Waals surface area contributed by atoms with Gasteiger partial charge in [-0.3, -0.25) is 0 Å². The zero-order valence-corrected chi connectivity index (χ0v) is 11.3. The summed E-state index contributed by atoms with van der Waals surface area (Å²) in [4.78, 5) is 10.7. The average Bonchev–Trinajstić information content (AvgIpc) is 2.27. The number of hydrogen-bond donors (Lipinski definition) is 1. The molecule has 0 fully saturated rings. The number of aryl methyl sites for hydroxylation is 1. The van der Waals surface area contributed by atoms with Gasteiger partial charge in [0, 0.05) is 25.2 Å². The minimum Gasteiger partial charge on any atom is -0.478 e. The Labute approximate surface area is 103 Å². The first kappa shape index (κ1) is 13.7. The van der Waals surface area contributed by atoms with Gasteiger partial charge in [0.1, 0.15) is 11.6 Å². The summed E-state index contributed by atoms with van der Waals surface area (Å²) in [6.45, 7) is 9.09. The van der Waals surface area contributed by atoms with Crippen LogP contribution in [0.25, 0.3) is 0 Å². The van der Waals surface area contributed by atoms with E-state index in [-0.39, 0.29) is 5.54 Å². The second kappa shape index (κ2) is 5.31. The van der Waals surface area contributed by atoms with Crippen molar-refractivity contribution in [2.75, 3.05) is 25.1 Å². The number of hydrogen-bond acceptors (Lipinski definition) is 5. The van der Waals surface area contributed by atoms with Crippen molar-refractivity contribution in [3.63, 3.8) is 0 Å². The summed E-state index contributed by atoms with van der Waals surface area (Å²) < 4.78 is 5.41. The molecule has 1 aromatic heterocycles. The first-order valence-corrected chi connectivity index (χ1v) is 5.83. The van der Waals surface area contributed by atoms with Gasteiger partial charge in [-0.15, -0.1) is 0 Å². The minimum atomic E-state index is -0.149. The third kappa shape index (κ3) is 3.30. The predicted octanol–water partition coefficient (Wildman–Crippen LogP) is 1.36. The second-order valence-electron chi connectivity index (χ2n) is 4.62.